The van der Waals surface area contributed by atoms with Gasteiger partial charge in [-0.15, -0.1) is 0 Å². The molecule has 1 unspecified atom stereocenters. The van der Waals surface area contributed by atoms with Crippen molar-refractivity contribution in [1.29, 1.82) is 0 Å². The van der Waals surface area contributed by atoms with Crippen LogP contribution in [0.2, 0.25) is 0 Å². The Morgan fingerprint density at radius 3 is 2.76 bits per heavy atom. The zero-order valence-corrected chi connectivity index (χ0v) is 14.5. The molecule has 1 amide bonds. The number of para-hydroxylation sites is 1. The number of carbonyl (C=O) groups excluding carboxylic acids is 1. The normalized spacial score (nSPS) is 12.0. The summed E-state index contributed by atoms with van der Waals surface area (Å²) in [4.78, 5) is 16.9. The lowest BCUT2D eigenvalue weighted by atomic mass is 10.2. The molecular weight excluding hydrogens is 318 g/mol. The molecule has 1 atom stereocenters. The van der Waals surface area contributed by atoms with Crippen LogP contribution in [0.25, 0.3) is 11.0 Å². The van der Waals surface area contributed by atoms with Gasteiger partial charge in [-0.2, -0.15) is 5.10 Å². The van der Waals surface area contributed by atoms with Gasteiger partial charge in [0.1, 0.15) is 11.3 Å². The SMILES string of the molecule is COc1c(C(=O)NC(C)CNc2ccccc2)cnc2c1cnn2C. The third kappa shape index (κ3) is 3.55. The van der Waals surface area contributed by atoms with Crippen molar-refractivity contribution in [3.63, 3.8) is 0 Å². The molecule has 2 heterocycles. The highest BCUT2D eigenvalue weighted by Gasteiger charge is 2.19. The molecule has 2 aromatic heterocycles. The average molecular weight is 339 g/mol. The van der Waals surface area contributed by atoms with E-state index in [9.17, 15) is 4.79 Å². The lowest BCUT2D eigenvalue weighted by Crippen LogP contribution is -2.37. The van der Waals surface area contributed by atoms with Gasteiger partial charge < -0.3 is 15.4 Å². The first-order valence-electron chi connectivity index (χ1n) is 8.04. The summed E-state index contributed by atoms with van der Waals surface area (Å²) in [5.74, 6) is 0.260. The van der Waals surface area contributed by atoms with Crippen LogP contribution in [0, 0.1) is 0 Å². The van der Waals surface area contributed by atoms with Gasteiger partial charge in [-0.25, -0.2) is 4.98 Å². The first-order valence-corrected chi connectivity index (χ1v) is 8.04. The average Bonchev–Trinajstić information content (AvgIpc) is 3.01. The van der Waals surface area contributed by atoms with Gasteiger partial charge in [-0.05, 0) is 19.1 Å². The number of hydrogen-bond donors (Lipinski definition) is 2. The number of anilines is 1. The van der Waals surface area contributed by atoms with E-state index in [1.807, 2.05) is 37.3 Å². The van der Waals surface area contributed by atoms with Gasteiger partial charge in [0.25, 0.3) is 5.91 Å². The fraction of sp³-hybridized carbons (Fsp3) is 0.278. The molecule has 0 aliphatic rings. The molecule has 7 nitrogen and oxygen atoms in total. The molecule has 1 aromatic carbocycles. The van der Waals surface area contributed by atoms with Crippen LogP contribution < -0.4 is 15.4 Å². The number of rotatable bonds is 6. The highest BCUT2D eigenvalue weighted by molar-refractivity contribution is 6.01. The van der Waals surface area contributed by atoms with Crippen LogP contribution in [0.3, 0.4) is 0 Å². The molecule has 0 spiro atoms. The summed E-state index contributed by atoms with van der Waals surface area (Å²) in [6, 6.07) is 9.79. The summed E-state index contributed by atoms with van der Waals surface area (Å²) < 4.78 is 7.08. The number of nitrogens with one attached hydrogen (secondary N) is 2. The van der Waals surface area contributed by atoms with Crippen molar-refractivity contribution in [1.82, 2.24) is 20.1 Å². The minimum absolute atomic E-state index is 0.0676. The molecule has 0 aliphatic heterocycles. The number of aromatic nitrogens is 3. The number of methoxy groups -OCH3 is 1. The van der Waals surface area contributed by atoms with E-state index in [4.69, 9.17) is 4.74 Å². The smallest absolute Gasteiger partial charge is 0.256 e. The molecular formula is C18H21N5O2. The number of ether oxygens (including phenoxy) is 1. The number of hydrogen-bond acceptors (Lipinski definition) is 5. The van der Waals surface area contributed by atoms with Gasteiger partial charge >= 0.3 is 0 Å². The van der Waals surface area contributed by atoms with Gasteiger partial charge in [0, 0.05) is 31.5 Å². The van der Waals surface area contributed by atoms with Crippen LogP contribution >= 0.6 is 0 Å². The van der Waals surface area contributed by atoms with Crippen LogP contribution in [0.4, 0.5) is 5.69 Å². The Labute approximate surface area is 146 Å². The second kappa shape index (κ2) is 7.21. The molecule has 25 heavy (non-hydrogen) atoms. The molecule has 0 saturated carbocycles. The standard InChI is InChI=1S/C18H21N5O2/c1-12(9-19-13-7-5-4-6-8-13)22-18(24)15-10-20-17-14(16(15)25-3)11-21-23(17)2/h4-8,10-12,19H,9H2,1-3H3,(H,22,24). The minimum atomic E-state index is -0.225. The van der Waals surface area contributed by atoms with E-state index in [0.717, 1.165) is 5.69 Å². The lowest BCUT2D eigenvalue weighted by Gasteiger charge is -2.16. The zero-order valence-electron chi connectivity index (χ0n) is 14.5. The highest BCUT2D eigenvalue weighted by Crippen LogP contribution is 2.27. The first-order chi connectivity index (χ1) is 12.1. The van der Waals surface area contributed by atoms with Crippen LogP contribution in [-0.2, 0) is 7.05 Å². The minimum Gasteiger partial charge on any atom is -0.495 e. The van der Waals surface area contributed by atoms with Crippen LogP contribution in [0.15, 0.2) is 42.7 Å². The predicted octanol–water partition coefficient (Wildman–Crippen LogP) is 2.21. The van der Waals surface area contributed by atoms with Gasteiger partial charge in [0.15, 0.2) is 5.65 Å². The van der Waals surface area contributed by atoms with Crippen molar-refractivity contribution in [2.75, 3.05) is 19.0 Å². The van der Waals surface area contributed by atoms with E-state index in [1.165, 1.54) is 6.20 Å². The Bertz CT molecular complexity index is 876. The second-order valence-electron chi connectivity index (χ2n) is 5.83. The van der Waals surface area contributed by atoms with Crippen LogP contribution in [0.1, 0.15) is 17.3 Å². The summed E-state index contributed by atoms with van der Waals surface area (Å²) in [6.07, 6.45) is 3.17. The zero-order chi connectivity index (χ0) is 17.8. The Balaban J connectivity index is 1.71. The predicted molar refractivity (Wildman–Crippen MR) is 96.9 cm³/mol. The Morgan fingerprint density at radius 2 is 2.04 bits per heavy atom. The summed E-state index contributed by atoms with van der Waals surface area (Å²) >= 11 is 0. The van der Waals surface area contributed by atoms with Gasteiger partial charge in [-0.3, -0.25) is 9.48 Å². The Morgan fingerprint density at radius 1 is 1.28 bits per heavy atom. The van der Waals surface area contributed by atoms with Crippen molar-refractivity contribution in [3.8, 4) is 5.75 Å². The molecule has 0 fully saturated rings. The van der Waals surface area contributed by atoms with E-state index >= 15 is 0 Å². The maximum Gasteiger partial charge on any atom is 0.256 e. The lowest BCUT2D eigenvalue weighted by molar-refractivity contribution is 0.0939. The third-order valence-electron chi connectivity index (χ3n) is 3.93. The molecule has 3 aromatic rings. The number of amides is 1. The van der Waals surface area contributed by atoms with E-state index in [1.54, 1.807) is 25.0 Å². The second-order valence-corrected chi connectivity index (χ2v) is 5.83. The molecule has 3 rings (SSSR count). The maximum absolute atomic E-state index is 12.6. The monoisotopic (exact) mass is 339 g/mol. The van der Waals surface area contributed by atoms with E-state index in [-0.39, 0.29) is 11.9 Å². The molecule has 0 bridgehead atoms. The Hall–Kier alpha value is -3.09. The summed E-state index contributed by atoms with van der Waals surface area (Å²) in [5.41, 5.74) is 2.08. The topological polar surface area (TPSA) is 81.1 Å². The number of benzene rings is 1. The molecule has 0 radical (unpaired) electrons. The third-order valence-corrected chi connectivity index (χ3v) is 3.93. The summed E-state index contributed by atoms with van der Waals surface area (Å²) in [7, 11) is 3.34. The largest absolute Gasteiger partial charge is 0.495 e. The van der Waals surface area contributed by atoms with Crippen molar-refractivity contribution in [2.24, 2.45) is 7.05 Å². The van der Waals surface area contributed by atoms with Crippen LogP contribution in [-0.4, -0.2) is 40.4 Å². The maximum atomic E-state index is 12.6. The molecule has 2 N–H and O–H groups in total. The molecule has 0 aliphatic carbocycles. The van der Waals surface area contributed by atoms with Crippen molar-refractivity contribution >= 4 is 22.6 Å². The molecule has 0 saturated heterocycles. The van der Waals surface area contributed by atoms with E-state index in [2.05, 4.69) is 20.7 Å². The number of pyridine rings is 1. The summed E-state index contributed by atoms with van der Waals surface area (Å²) in [5, 5.41) is 11.1. The van der Waals surface area contributed by atoms with Gasteiger partial charge in [-0.1, -0.05) is 18.2 Å². The number of nitrogens with zero attached hydrogens (tertiary/aromatic N) is 3. The van der Waals surface area contributed by atoms with Crippen LogP contribution in [0.5, 0.6) is 5.75 Å². The van der Waals surface area contributed by atoms with Crippen molar-refractivity contribution in [3.05, 3.63) is 48.3 Å². The Kier molecular flexibility index (Phi) is 4.83. The highest BCUT2D eigenvalue weighted by atomic mass is 16.5. The van der Waals surface area contributed by atoms with Gasteiger partial charge in [0.2, 0.25) is 0 Å². The number of carbonyl (C=O) groups is 1. The molecule has 7 heteroatoms. The van der Waals surface area contributed by atoms with Crippen molar-refractivity contribution < 1.29 is 9.53 Å². The van der Waals surface area contributed by atoms with Gasteiger partial charge in [0.05, 0.1) is 18.7 Å². The number of aryl methyl sites for hydroxylation is 1. The fourth-order valence-corrected chi connectivity index (χ4v) is 2.63. The first kappa shape index (κ1) is 16.8. The van der Waals surface area contributed by atoms with Crippen molar-refractivity contribution in [2.45, 2.75) is 13.0 Å². The molecule has 130 valence electrons. The van der Waals surface area contributed by atoms with E-state index < -0.39 is 0 Å². The number of fused-ring (bicyclic) bond motifs is 1. The van der Waals surface area contributed by atoms with E-state index in [0.29, 0.717) is 28.9 Å². The summed E-state index contributed by atoms with van der Waals surface area (Å²) in [6.45, 7) is 2.55. The quantitative estimate of drug-likeness (QED) is 0.720. The fourth-order valence-electron chi connectivity index (χ4n) is 2.63.